The number of aromatic nitrogens is 3. The van der Waals surface area contributed by atoms with E-state index in [-0.39, 0.29) is 22.9 Å². The lowest BCUT2D eigenvalue weighted by Gasteiger charge is -2.10. The average Bonchev–Trinajstić information content (AvgIpc) is 2.90. The van der Waals surface area contributed by atoms with Gasteiger partial charge in [0.05, 0.1) is 22.8 Å². The molecule has 0 radical (unpaired) electrons. The molecule has 0 amide bonds. The van der Waals surface area contributed by atoms with Crippen LogP contribution in [0, 0.1) is 6.92 Å². The highest BCUT2D eigenvalue weighted by atomic mass is 32.2. The van der Waals surface area contributed by atoms with Crippen LogP contribution in [0.4, 0.5) is 0 Å². The Bertz CT molecular complexity index is 1130. The smallest absolute Gasteiger partial charge is 0.275 e. The molecule has 28 heavy (non-hydrogen) atoms. The Hall–Kier alpha value is -2.71. The first kappa shape index (κ1) is 20.0. The Morgan fingerprint density at radius 1 is 1.11 bits per heavy atom. The van der Waals surface area contributed by atoms with Crippen LogP contribution in [0.3, 0.4) is 0 Å². The fourth-order valence-electron chi connectivity index (χ4n) is 3.21. The largest absolute Gasteiger partial charge is 0.285 e. The van der Waals surface area contributed by atoms with Gasteiger partial charge in [0, 0.05) is 24.5 Å². The van der Waals surface area contributed by atoms with Gasteiger partial charge in [0.25, 0.3) is 5.56 Å². The van der Waals surface area contributed by atoms with Crippen molar-refractivity contribution >= 4 is 10.0 Å². The lowest BCUT2D eigenvalue weighted by molar-refractivity contribution is 0.580. The second-order valence-corrected chi connectivity index (χ2v) is 8.70. The third-order valence-corrected chi connectivity index (χ3v) is 6.15. The van der Waals surface area contributed by atoms with Crippen molar-refractivity contribution in [3.8, 4) is 5.69 Å². The van der Waals surface area contributed by atoms with E-state index in [1.54, 1.807) is 45.9 Å². The minimum Gasteiger partial charge on any atom is -0.285 e. The van der Waals surface area contributed by atoms with Crippen molar-refractivity contribution in [2.24, 2.45) is 7.05 Å². The van der Waals surface area contributed by atoms with Gasteiger partial charge in [-0.05, 0) is 49.2 Å². The van der Waals surface area contributed by atoms with Crippen LogP contribution in [-0.4, -0.2) is 22.8 Å². The maximum absolute atomic E-state index is 12.8. The van der Waals surface area contributed by atoms with E-state index in [9.17, 15) is 13.2 Å². The molecule has 0 bridgehead atoms. The molecule has 1 aromatic carbocycles. The summed E-state index contributed by atoms with van der Waals surface area (Å²) in [7, 11) is -1.86. The third-order valence-electron chi connectivity index (χ3n) is 4.74. The number of pyridine rings is 1. The Labute approximate surface area is 164 Å². The molecular formula is C20H24N4O3S. The van der Waals surface area contributed by atoms with Gasteiger partial charge in [-0.3, -0.25) is 14.5 Å². The summed E-state index contributed by atoms with van der Waals surface area (Å²) in [4.78, 5) is 17.0. The number of benzene rings is 1. The van der Waals surface area contributed by atoms with E-state index in [0.717, 1.165) is 11.3 Å². The topological polar surface area (TPSA) is 86.0 Å². The number of hydrogen-bond acceptors (Lipinski definition) is 4. The van der Waals surface area contributed by atoms with Crippen LogP contribution < -0.4 is 10.3 Å². The monoisotopic (exact) mass is 400 g/mol. The van der Waals surface area contributed by atoms with E-state index in [2.05, 4.69) is 9.71 Å². The van der Waals surface area contributed by atoms with Crippen LogP contribution in [0.2, 0.25) is 0 Å². The van der Waals surface area contributed by atoms with Crippen LogP contribution in [-0.2, 0) is 23.6 Å². The molecule has 2 aromatic heterocycles. The molecule has 1 N–H and O–H groups in total. The minimum absolute atomic E-state index is 0.0844. The molecule has 8 heteroatoms. The highest BCUT2D eigenvalue weighted by Gasteiger charge is 2.19. The van der Waals surface area contributed by atoms with Crippen molar-refractivity contribution in [1.82, 2.24) is 19.1 Å². The van der Waals surface area contributed by atoms with Crippen molar-refractivity contribution < 1.29 is 8.42 Å². The van der Waals surface area contributed by atoms with Gasteiger partial charge in [-0.25, -0.2) is 17.8 Å². The lowest BCUT2D eigenvalue weighted by atomic mass is 10.0. The maximum Gasteiger partial charge on any atom is 0.275 e. The first-order valence-corrected chi connectivity index (χ1v) is 10.5. The first-order chi connectivity index (χ1) is 13.2. The fraction of sp³-hybridized carbons (Fsp3) is 0.300. The molecule has 0 saturated heterocycles. The van der Waals surface area contributed by atoms with Crippen molar-refractivity contribution in [2.45, 2.75) is 38.1 Å². The van der Waals surface area contributed by atoms with Gasteiger partial charge >= 0.3 is 0 Å². The highest BCUT2D eigenvalue weighted by molar-refractivity contribution is 7.89. The van der Waals surface area contributed by atoms with Crippen LogP contribution in [0.25, 0.3) is 5.69 Å². The molecule has 3 rings (SSSR count). The molecule has 0 aliphatic heterocycles. The Morgan fingerprint density at radius 3 is 2.32 bits per heavy atom. The molecule has 0 saturated carbocycles. The predicted octanol–water partition coefficient (Wildman–Crippen LogP) is 2.48. The number of nitrogens with one attached hydrogen (secondary N) is 1. The molecule has 0 fully saturated rings. The second kappa shape index (κ2) is 7.73. The van der Waals surface area contributed by atoms with Crippen LogP contribution in [0.1, 0.15) is 36.7 Å². The zero-order valence-electron chi connectivity index (χ0n) is 16.4. The maximum atomic E-state index is 12.8. The van der Waals surface area contributed by atoms with Gasteiger partial charge in [-0.2, -0.15) is 0 Å². The first-order valence-electron chi connectivity index (χ1n) is 9.01. The summed E-state index contributed by atoms with van der Waals surface area (Å²) in [5.41, 5.74) is 2.82. The number of nitrogens with zero attached hydrogens (tertiary/aromatic N) is 3. The number of hydrogen-bond donors (Lipinski definition) is 1. The molecule has 7 nitrogen and oxygen atoms in total. The molecule has 0 aliphatic rings. The highest BCUT2D eigenvalue weighted by Crippen LogP contribution is 2.19. The number of sulfonamides is 1. The zero-order valence-corrected chi connectivity index (χ0v) is 17.2. The summed E-state index contributed by atoms with van der Waals surface area (Å²) < 4.78 is 30.9. The Balaban J connectivity index is 1.88. The van der Waals surface area contributed by atoms with Gasteiger partial charge < -0.3 is 0 Å². The minimum atomic E-state index is -3.68. The quantitative estimate of drug-likeness (QED) is 0.689. The summed E-state index contributed by atoms with van der Waals surface area (Å²) in [6, 6.07) is 11.6. The van der Waals surface area contributed by atoms with Crippen LogP contribution >= 0.6 is 0 Å². The molecule has 148 valence electrons. The van der Waals surface area contributed by atoms with Crippen LogP contribution in [0.15, 0.2) is 58.4 Å². The Morgan fingerprint density at radius 2 is 1.79 bits per heavy atom. The fourth-order valence-corrected chi connectivity index (χ4v) is 4.21. The summed E-state index contributed by atoms with van der Waals surface area (Å²) >= 11 is 0. The van der Waals surface area contributed by atoms with E-state index in [1.807, 2.05) is 27.8 Å². The van der Waals surface area contributed by atoms with E-state index in [0.29, 0.717) is 11.4 Å². The van der Waals surface area contributed by atoms with Crippen molar-refractivity contribution in [1.29, 1.82) is 0 Å². The van der Waals surface area contributed by atoms with Gasteiger partial charge in [0.2, 0.25) is 10.0 Å². The number of rotatable bonds is 6. The summed E-state index contributed by atoms with van der Waals surface area (Å²) in [6.07, 6.45) is 1.61. The SMILES string of the molecule is Cc1c(C(C)C)c(=O)n(-c2ccc(S(=O)(=O)NCc3ccccn3)cc2)n1C. The summed E-state index contributed by atoms with van der Waals surface area (Å²) in [6.45, 7) is 5.99. The third kappa shape index (κ3) is 3.79. The molecule has 2 heterocycles. The molecule has 3 aromatic rings. The van der Waals surface area contributed by atoms with Gasteiger partial charge in [0.15, 0.2) is 0 Å². The van der Waals surface area contributed by atoms with E-state index < -0.39 is 10.0 Å². The molecule has 0 aliphatic carbocycles. The Kier molecular flexibility index (Phi) is 5.53. The molecular weight excluding hydrogens is 376 g/mol. The molecule has 0 atom stereocenters. The van der Waals surface area contributed by atoms with Gasteiger partial charge in [0.1, 0.15) is 0 Å². The van der Waals surface area contributed by atoms with Gasteiger partial charge in [-0.15, -0.1) is 0 Å². The van der Waals surface area contributed by atoms with Crippen LogP contribution in [0.5, 0.6) is 0 Å². The van der Waals surface area contributed by atoms with Crippen molar-refractivity contribution in [2.75, 3.05) is 0 Å². The second-order valence-electron chi connectivity index (χ2n) is 6.93. The normalized spacial score (nSPS) is 11.9. The standard InChI is InChI=1S/C20H24N4O3S/c1-14(2)19-15(3)23(4)24(20(19)25)17-8-10-18(11-9-17)28(26,27)22-13-16-7-5-6-12-21-16/h5-12,14,22H,13H2,1-4H3. The summed E-state index contributed by atoms with van der Waals surface area (Å²) in [5, 5.41) is 0. The van der Waals surface area contributed by atoms with Crippen molar-refractivity contribution in [3.63, 3.8) is 0 Å². The predicted molar refractivity (Wildman–Crippen MR) is 108 cm³/mol. The average molecular weight is 401 g/mol. The lowest BCUT2D eigenvalue weighted by Crippen LogP contribution is -2.24. The van der Waals surface area contributed by atoms with Gasteiger partial charge in [-0.1, -0.05) is 19.9 Å². The summed E-state index contributed by atoms with van der Waals surface area (Å²) in [5.74, 6) is 0.107. The van der Waals surface area contributed by atoms with Crippen molar-refractivity contribution in [3.05, 3.63) is 76.0 Å². The molecule has 0 unspecified atom stereocenters. The van der Waals surface area contributed by atoms with E-state index in [4.69, 9.17) is 0 Å². The van der Waals surface area contributed by atoms with E-state index in [1.165, 1.54) is 12.1 Å². The molecule has 0 spiro atoms. The zero-order chi connectivity index (χ0) is 20.5. The van der Waals surface area contributed by atoms with E-state index >= 15 is 0 Å².